The van der Waals surface area contributed by atoms with Gasteiger partial charge in [0.1, 0.15) is 5.75 Å². The molecule has 0 aliphatic heterocycles. The Hall–Kier alpha value is -1.56. The van der Waals surface area contributed by atoms with E-state index in [1.165, 1.54) is 18.2 Å². The molecule has 0 saturated carbocycles. The van der Waals surface area contributed by atoms with Crippen LogP contribution in [0.4, 0.5) is 17.6 Å². The highest BCUT2D eigenvalue weighted by Crippen LogP contribution is 2.35. The highest BCUT2D eigenvalue weighted by Gasteiger charge is 2.44. The summed E-state index contributed by atoms with van der Waals surface area (Å²) in [5.74, 6) is -0.295. The van der Waals surface area contributed by atoms with Gasteiger partial charge in [-0.3, -0.25) is 0 Å². The lowest BCUT2D eigenvalue weighted by Gasteiger charge is -2.19. The van der Waals surface area contributed by atoms with E-state index in [0.29, 0.717) is 11.1 Å². The van der Waals surface area contributed by atoms with Gasteiger partial charge >= 0.3 is 12.5 Å². The van der Waals surface area contributed by atoms with E-state index in [0.717, 1.165) is 4.47 Å². The van der Waals surface area contributed by atoms with Gasteiger partial charge in [0.15, 0.2) is 0 Å². The first-order valence-corrected chi connectivity index (χ1v) is 6.39. The molecule has 20 heavy (non-hydrogen) atoms. The van der Waals surface area contributed by atoms with E-state index in [1.54, 1.807) is 30.3 Å². The SMILES string of the molecule is FC(F)C(F)(F)Oc1ccccc1-c1cccc(Br)c1. The highest BCUT2D eigenvalue weighted by atomic mass is 79.9. The van der Waals surface area contributed by atoms with Crippen molar-refractivity contribution in [2.45, 2.75) is 12.5 Å². The minimum Gasteiger partial charge on any atom is -0.428 e. The smallest absolute Gasteiger partial charge is 0.428 e. The summed E-state index contributed by atoms with van der Waals surface area (Å²) in [6.07, 6.45) is -8.42. The fourth-order valence-electron chi connectivity index (χ4n) is 1.64. The third-order valence-electron chi connectivity index (χ3n) is 2.52. The maximum Gasteiger partial charge on any atom is 0.461 e. The van der Waals surface area contributed by atoms with Crippen LogP contribution in [0.5, 0.6) is 5.75 Å². The lowest BCUT2D eigenvalue weighted by molar-refractivity contribution is -0.253. The van der Waals surface area contributed by atoms with Crippen molar-refractivity contribution in [1.82, 2.24) is 0 Å². The molecular weight excluding hydrogens is 340 g/mol. The molecule has 0 fully saturated rings. The molecule has 0 heterocycles. The Balaban J connectivity index is 2.41. The molecular formula is C14H9BrF4O. The quantitative estimate of drug-likeness (QED) is 0.676. The van der Waals surface area contributed by atoms with E-state index in [9.17, 15) is 17.6 Å². The lowest BCUT2D eigenvalue weighted by Crippen LogP contribution is -2.33. The molecule has 0 radical (unpaired) electrons. The molecule has 6 heteroatoms. The maximum absolute atomic E-state index is 13.0. The summed E-state index contributed by atoms with van der Waals surface area (Å²) in [7, 11) is 0. The second kappa shape index (κ2) is 5.83. The normalized spacial score (nSPS) is 11.7. The van der Waals surface area contributed by atoms with Gasteiger partial charge in [-0.05, 0) is 23.8 Å². The summed E-state index contributed by atoms with van der Waals surface area (Å²) in [5.41, 5.74) is 0.897. The van der Waals surface area contributed by atoms with Gasteiger partial charge in [-0.15, -0.1) is 0 Å². The second-order valence-electron chi connectivity index (χ2n) is 3.97. The van der Waals surface area contributed by atoms with Crippen LogP contribution in [0.2, 0.25) is 0 Å². The number of para-hydroxylation sites is 1. The first-order valence-electron chi connectivity index (χ1n) is 5.60. The molecule has 0 unspecified atom stereocenters. The van der Waals surface area contributed by atoms with Crippen LogP contribution < -0.4 is 4.74 Å². The fourth-order valence-corrected chi connectivity index (χ4v) is 2.04. The molecule has 0 aromatic heterocycles. The molecule has 106 valence electrons. The van der Waals surface area contributed by atoms with Crippen molar-refractivity contribution in [3.63, 3.8) is 0 Å². The third-order valence-corrected chi connectivity index (χ3v) is 3.02. The summed E-state index contributed by atoms with van der Waals surface area (Å²) < 4.78 is 55.4. The van der Waals surface area contributed by atoms with Crippen molar-refractivity contribution >= 4 is 15.9 Å². The number of benzene rings is 2. The number of halogens is 5. The van der Waals surface area contributed by atoms with Crippen LogP contribution in [0.3, 0.4) is 0 Å². The molecule has 0 amide bonds. The largest absolute Gasteiger partial charge is 0.461 e. The zero-order chi connectivity index (χ0) is 14.8. The Morgan fingerprint density at radius 3 is 2.35 bits per heavy atom. The van der Waals surface area contributed by atoms with Crippen molar-refractivity contribution in [2.75, 3.05) is 0 Å². The molecule has 2 rings (SSSR count). The topological polar surface area (TPSA) is 9.23 Å². The molecule has 2 aromatic rings. The maximum atomic E-state index is 13.0. The number of alkyl halides is 4. The zero-order valence-electron chi connectivity index (χ0n) is 9.99. The Morgan fingerprint density at radius 1 is 1.00 bits per heavy atom. The van der Waals surface area contributed by atoms with Crippen LogP contribution >= 0.6 is 15.9 Å². The van der Waals surface area contributed by atoms with Gasteiger partial charge < -0.3 is 4.74 Å². The molecule has 0 saturated heterocycles. The van der Waals surface area contributed by atoms with E-state index in [-0.39, 0.29) is 5.75 Å². The molecule has 0 aliphatic rings. The summed E-state index contributed by atoms with van der Waals surface area (Å²) in [4.78, 5) is 0. The van der Waals surface area contributed by atoms with Crippen LogP contribution in [-0.2, 0) is 0 Å². The Kier molecular flexibility index (Phi) is 4.32. The van der Waals surface area contributed by atoms with Crippen molar-refractivity contribution in [3.8, 4) is 16.9 Å². The van der Waals surface area contributed by atoms with E-state index >= 15 is 0 Å². The van der Waals surface area contributed by atoms with Gasteiger partial charge in [-0.2, -0.15) is 17.6 Å². The standard InChI is InChI=1S/C14H9BrF4O/c15-10-5-3-4-9(8-10)11-6-1-2-7-12(11)20-14(18,19)13(16)17/h1-8,13H. The predicted octanol–water partition coefficient (Wildman–Crippen LogP) is 5.35. The minimum absolute atomic E-state index is 0.295. The number of ether oxygens (including phenoxy) is 1. The van der Waals surface area contributed by atoms with E-state index in [2.05, 4.69) is 20.7 Å². The highest BCUT2D eigenvalue weighted by molar-refractivity contribution is 9.10. The molecule has 0 aliphatic carbocycles. The fraction of sp³-hybridized carbons (Fsp3) is 0.143. The average Bonchev–Trinajstić information content (AvgIpc) is 2.38. The van der Waals surface area contributed by atoms with E-state index in [1.807, 2.05) is 0 Å². The Bertz CT molecular complexity index is 601. The van der Waals surface area contributed by atoms with Crippen molar-refractivity contribution in [2.24, 2.45) is 0 Å². The van der Waals surface area contributed by atoms with E-state index in [4.69, 9.17) is 0 Å². The Labute approximate surface area is 121 Å². The molecule has 0 atom stereocenters. The van der Waals surface area contributed by atoms with Crippen LogP contribution in [0, 0.1) is 0 Å². The number of hydrogen-bond donors (Lipinski definition) is 0. The Morgan fingerprint density at radius 2 is 1.70 bits per heavy atom. The average molecular weight is 349 g/mol. The van der Waals surface area contributed by atoms with Gasteiger partial charge in [0.05, 0.1) is 0 Å². The van der Waals surface area contributed by atoms with Crippen LogP contribution in [0.15, 0.2) is 53.0 Å². The van der Waals surface area contributed by atoms with Gasteiger partial charge in [0.2, 0.25) is 0 Å². The molecule has 0 N–H and O–H groups in total. The van der Waals surface area contributed by atoms with Crippen molar-refractivity contribution in [1.29, 1.82) is 0 Å². The summed E-state index contributed by atoms with van der Waals surface area (Å²) in [5, 5.41) is 0. The van der Waals surface area contributed by atoms with Crippen LogP contribution in [0.1, 0.15) is 0 Å². The second-order valence-corrected chi connectivity index (χ2v) is 4.89. The summed E-state index contributed by atoms with van der Waals surface area (Å²) in [6, 6.07) is 12.6. The number of rotatable bonds is 4. The molecule has 2 aromatic carbocycles. The molecule has 0 bridgehead atoms. The van der Waals surface area contributed by atoms with Gasteiger partial charge in [0.25, 0.3) is 0 Å². The molecule has 0 spiro atoms. The monoisotopic (exact) mass is 348 g/mol. The van der Waals surface area contributed by atoms with Crippen molar-refractivity contribution < 1.29 is 22.3 Å². The van der Waals surface area contributed by atoms with Gasteiger partial charge in [-0.1, -0.05) is 46.3 Å². The zero-order valence-corrected chi connectivity index (χ0v) is 11.6. The summed E-state index contributed by atoms with van der Waals surface area (Å²) in [6.45, 7) is 0. The first-order chi connectivity index (χ1) is 9.40. The van der Waals surface area contributed by atoms with Crippen LogP contribution in [-0.4, -0.2) is 12.5 Å². The van der Waals surface area contributed by atoms with Crippen molar-refractivity contribution in [3.05, 3.63) is 53.0 Å². The summed E-state index contributed by atoms with van der Waals surface area (Å²) >= 11 is 3.26. The van der Waals surface area contributed by atoms with Crippen LogP contribution in [0.25, 0.3) is 11.1 Å². The third kappa shape index (κ3) is 3.30. The predicted molar refractivity (Wildman–Crippen MR) is 71.2 cm³/mol. The van der Waals surface area contributed by atoms with Gasteiger partial charge in [-0.25, -0.2) is 0 Å². The van der Waals surface area contributed by atoms with Gasteiger partial charge in [0, 0.05) is 10.0 Å². The van der Waals surface area contributed by atoms with E-state index < -0.39 is 12.5 Å². The lowest BCUT2D eigenvalue weighted by atomic mass is 10.1. The minimum atomic E-state index is -4.53. The number of hydrogen-bond acceptors (Lipinski definition) is 1. The first kappa shape index (κ1) is 14.8. The molecule has 1 nitrogen and oxygen atoms in total.